The molecule has 0 fully saturated rings. The molecule has 0 saturated carbocycles. The molecule has 0 spiro atoms. The van der Waals surface area contributed by atoms with Crippen molar-refractivity contribution < 1.29 is 71.5 Å². The summed E-state index contributed by atoms with van der Waals surface area (Å²) in [6.07, 6.45) is -0.00650. The lowest BCUT2D eigenvalue weighted by molar-refractivity contribution is -0.138. The first kappa shape index (κ1) is 53.7. The summed E-state index contributed by atoms with van der Waals surface area (Å²) in [5.74, 6) is -0.0640. The van der Waals surface area contributed by atoms with E-state index in [9.17, 15) is 4.79 Å². The minimum Gasteiger partial charge on any atom is -0.497 e. The molecule has 0 radical (unpaired) electrons. The normalized spacial score (nSPS) is 11.6. The third-order valence-corrected chi connectivity index (χ3v) is 9.13. The zero-order valence-electron chi connectivity index (χ0n) is 37.1. The lowest BCUT2D eigenvalue weighted by Gasteiger charge is -2.37. The maximum atomic E-state index is 10.4. The van der Waals surface area contributed by atoms with Gasteiger partial charge in [0.2, 0.25) is 0 Å². The number of carbonyl (C=O) groups is 1. The topological polar surface area (TPSA) is 169 Å². The number of nitrogens with one attached hydrogen (secondary N) is 1. The molecular formula is C47H71NO15. The Hall–Kier alpha value is -3.59. The highest BCUT2D eigenvalue weighted by Crippen LogP contribution is 2.37. The first-order valence-electron chi connectivity index (χ1n) is 21.8. The highest BCUT2D eigenvalue weighted by molar-refractivity contribution is 5.66. The van der Waals surface area contributed by atoms with Crippen molar-refractivity contribution in [2.45, 2.75) is 12.0 Å². The Morgan fingerprint density at radius 1 is 0.397 bits per heavy atom. The Bertz CT molecular complexity index is 1430. The summed E-state index contributed by atoms with van der Waals surface area (Å²) in [4.78, 5) is 10.4. The maximum absolute atomic E-state index is 10.4. The zero-order valence-corrected chi connectivity index (χ0v) is 37.1. The van der Waals surface area contributed by atoms with Crippen molar-refractivity contribution in [3.63, 3.8) is 0 Å². The van der Waals surface area contributed by atoms with Crippen LogP contribution in [-0.2, 0) is 67.2 Å². The van der Waals surface area contributed by atoms with E-state index in [0.29, 0.717) is 159 Å². The number of carboxylic acids is 1. The summed E-state index contributed by atoms with van der Waals surface area (Å²) in [7, 11) is 1.68. The van der Waals surface area contributed by atoms with Gasteiger partial charge in [-0.2, -0.15) is 0 Å². The van der Waals surface area contributed by atoms with Crippen LogP contribution in [0.1, 0.15) is 23.1 Å². The second-order valence-electron chi connectivity index (χ2n) is 13.6. The van der Waals surface area contributed by atoms with Gasteiger partial charge in [0.05, 0.1) is 178 Å². The van der Waals surface area contributed by atoms with Crippen molar-refractivity contribution in [3.8, 4) is 5.75 Å². The van der Waals surface area contributed by atoms with E-state index >= 15 is 0 Å². The fourth-order valence-electron chi connectivity index (χ4n) is 6.01. The Balaban J connectivity index is 1.03. The Morgan fingerprint density at radius 3 is 0.952 bits per heavy atom. The van der Waals surface area contributed by atoms with E-state index in [1.165, 1.54) is 0 Å². The first-order chi connectivity index (χ1) is 31.2. The van der Waals surface area contributed by atoms with Crippen LogP contribution < -0.4 is 10.1 Å². The molecule has 0 aliphatic carbocycles. The highest BCUT2D eigenvalue weighted by atomic mass is 16.6. The zero-order chi connectivity index (χ0) is 44.6. The minimum atomic E-state index is -0.877. The van der Waals surface area contributed by atoms with Crippen molar-refractivity contribution in [1.82, 2.24) is 5.32 Å². The summed E-state index contributed by atoms with van der Waals surface area (Å²) < 4.78 is 71.6. The molecule has 63 heavy (non-hydrogen) atoms. The molecule has 0 amide bonds. The number of ether oxygens (including phenoxy) is 13. The molecule has 0 aromatic heterocycles. The molecular weight excluding hydrogens is 819 g/mol. The molecule has 0 aliphatic rings. The molecule has 0 saturated heterocycles. The summed E-state index contributed by atoms with van der Waals surface area (Å²) in [5.41, 5.74) is 2.82. The standard InChI is InChI=1S/C47H71NO15/c1-51-45-14-12-44(13-15-45)47(42-8-4-2-5-9-42,43-10-6-3-7-11-43)48-17-19-53-21-23-55-25-27-57-29-31-59-33-35-61-37-39-63-41-40-62-38-36-60-34-32-58-30-28-56-26-24-54-22-20-52-18-16-46(49)50/h2-15,48H,16-41H2,1H3,(H,49,50). The monoisotopic (exact) mass is 889 g/mol. The third kappa shape index (κ3) is 25.5. The number of aliphatic carboxylic acids is 1. The van der Waals surface area contributed by atoms with E-state index in [4.69, 9.17) is 66.7 Å². The molecule has 0 bridgehead atoms. The van der Waals surface area contributed by atoms with Crippen LogP contribution in [0.4, 0.5) is 0 Å². The van der Waals surface area contributed by atoms with E-state index in [1.54, 1.807) is 7.11 Å². The van der Waals surface area contributed by atoms with Gasteiger partial charge in [-0.3, -0.25) is 10.1 Å². The largest absolute Gasteiger partial charge is 0.497 e. The van der Waals surface area contributed by atoms with Gasteiger partial charge in [0, 0.05) is 6.54 Å². The Morgan fingerprint density at radius 2 is 0.667 bits per heavy atom. The van der Waals surface area contributed by atoms with Gasteiger partial charge in [-0.25, -0.2) is 0 Å². The number of benzene rings is 3. The van der Waals surface area contributed by atoms with Crippen LogP contribution in [0.2, 0.25) is 0 Å². The van der Waals surface area contributed by atoms with Gasteiger partial charge >= 0.3 is 5.97 Å². The van der Waals surface area contributed by atoms with Gasteiger partial charge < -0.3 is 66.7 Å². The molecule has 0 unspecified atom stereocenters. The number of rotatable bonds is 44. The number of carboxylic acid groups (broad SMARTS) is 1. The predicted molar refractivity (Wildman–Crippen MR) is 236 cm³/mol. The fraction of sp³-hybridized carbons (Fsp3) is 0.596. The second-order valence-corrected chi connectivity index (χ2v) is 13.6. The average molecular weight is 890 g/mol. The van der Waals surface area contributed by atoms with Crippen LogP contribution in [0, 0.1) is 0 Å². The maximum Gasteiger partial charge on any atom is 0.305 e. The van der Waals surface area contributed by atoms with Crippen molar-refractivity contribution >= 4 is 5.97 Å². The molecule has 3 aromatic carbocycles. The van der Waals surface area contributed by atoms with E-state index < -0.39 is 11.5 Å². The first-order valence-corrected chi connectivity index (χ1v) is 21.8. The number of methoxy groups -OCH3 is 1. The predicted octanol–water partition coefficient (Wildman–Crippen LogP) is 4.25. The molecule has 0 aliphatic heterocycles. The van der Waals surface area contributed by atoms with Crippen LogP contribution >= 0.6 is 0 Å². The van der Waals surface area contributed by atoms with Crippen LogP contribution in [0.25, 0.3) is 0 Å². The SMILES string of the molecule is COc1ccc(C(NCCOCCOCCOCCOCCOCCOCCOCCOCCOCCOCCOCCOCCC(=O)O)(c2ccccc2)c2ccccc2)cc1. The lowest BCUT2D eigenvalue weighted by Crippen LogP contribution is -2.46. The molecule has 0 heterocycles. The summed E-state index contributed by atoms with van der Waals surface area (Å²) in [6, 6.07) is 29.2. The van der Waals surface area contributed by atoms with Gasteiger partial charge in [0.25, 0.3) is 0 Å². The van der Waals surface area contributed by atoms with E-state index in [-0.39, 0.29) is 13.0 Å². The molecule has 3 rings (SSSR count). The van der Waals surface area contributed by atoms with Crippen LogP contribution in [0.3, 0.4) is 0 Å². The van der Waals surface area contributed by atoms with Crippen molar-refractivity contribution in [3.05, 3.63) is 102 Å². The van der Waals surface area contributed by atoms with Crippen molar-refractivity contribution in [2.75, 3.05) is 172 Å². The van der Waals surface area contributed by atoms with Gasteiger partial charge in [0.1, 0.15) is 5.75 Å². The molecule has 354 valence electrons. The van der Waals surface area contributed by atoms with Crippen LogP contribution in [0.5, 0.6) is 5.75 Å². The molecule has 16 nitrogen and oxygen atoms in total. The van der Waals surface area contributed by atoms with Gasteiger partial charge in [-0.1, -0.05) is 72.8 Å². The lowest BCUT2D eigenvalue weighted by atomic mass is 9.77. The molecule has 16 heteroatoms. The highest BCUT2D eigenvalue weighted by Gasteiger charge is 2.35. The van der Waals surface area contributed by atoms with E-state index in [1.807, 2.05) is 24.3 Å². The third-order valence-electron chi connectivity index (χ3n) is 9.13. The summed E-state index contributed by atoms with van der Waals surface area (Å²) >= 11 is 0. The summed E-state index contributed by atoms with van der Waals surface area (Å²) in [5, 5.41) is 12.3. The van der Waals surface area contributed by atoms with Gasteiger partial charge in [0.15, 0.2) is 0 Å². The summed E-state index contributed by atoms with van der Waals surface area (Å²) in [6.45, 7) is 11.7. The quantitative estimate of drug-likeness (QED) is 0.0610. The van der Waals surface area contributed by atoms with Gasteiger partial charge in [-0.15, -0.1) is 0 Å². The fourth-order valence-corrected chi connectivity index (χ4v) is 6.01. The van der Waals surface area contributed by atoms with E-state index in [2.05, 4.69) is 66.0 Å². The molecule has 2 N–H and O–H groups in total. The Labute approximate surface area is 373 Å². The van der Waals surface area contributed by atoms with Crippen molar-refractivity contribution in [1.29, 1.82) is 0 Å². The van der Waals surface area contributed by atoms with Crippen LogP contribution in [0.15, 0.2) is 84.9 Å². The number of hydrogen-bond acceptors (Lipinski definition) is 15. The second kappa shape index (κ2) is 37.8. The number of hydrogen-bond donors (Lipinski definition) is 2. The van der Waals surface area contributed by atoms with Crippen molar-refractivity contribution in [2.24, 2.45) is 0 Å². The molecule has 3 aromatic rings. The Kier molecular flexibility index (Phi) is 32.2. The van der Waals surface area contributed by atoms with Crippen LogP contribution in [-0.4, -0.2) is 183 Å². The smallest absolute Gasteiger partial charge is 0.305 e. The van der Waals surface area contributed by atoms with Gasteiger partial charge in [-0.05, 0) is 28.8 Å². The molecule has 0 atom stereocenters. The van der Waals surface area contributed by atoms with E-state index in [0.717, 1.165) is 22.4 Å². The average Bonchev–Trinajstić information content (AvgIpc) is 3.31. The minimum absolute atomic E-state index is 0.00650.